The van der Waals surface area contributed by atoms with Crippen molar-refractivity contribution in [2.24, 2.45) is 11.8 Å². The number of nitrogens with zero attached hydrogens (tertiary/aromatic N) is 4. The summed E-state index contributed by atoms with van der Waals surface area (Å²) in [5, 5.41) is 11.9. The summed E-state index contributed by atoms with van der Waals surface area (Å²) in [6, 6.07) is 5.88. The molecule has 0 unspecified atom stereocenters. The maximum absolute atomic E-state index is 14.0. The molecule has 3 atom stereocenters. The molecular formula is C24H32FN5O4S. The molecule has 9 nitrogen and oxygen atoms in total. The van der Waals surface area contributed by atoms with Gasteiger partial charge in [-0.2, -0.15) is 22.3 Å². The van der Waals surface area contributed by atoms with E-state index >= 15 is 0 Å². The molecule has 1 aromatic carbocycles. The quantitative estimate of drug-likeness (QED) is 0.632. The largest absolute Gasteiger partial charge is 0.348 e. The Morgan fingerprint density at radius 3 is 2.54 bits per heavy atom. The molecule has 11 heteroatoms. The van der Waals surface area contributed by atoms with E-state index in [1.165, 1.54) is 14.7 Å². The number of nitriles is 1. The number of benzene rings is 1. The van der Waals surface area contributed by atoms with Crippen LogP contribution < -0.4 is 5.32 Å². The molecular weight excluding hydrogens is 473 g/mol. The van der Waals surface area contributed by atoms with Gasteiger partial charge in [-0.05, 0) is 56.7 Å². The second-order valence-electron chi connectivity index (χ2n) is 9.78. The number of likely N-dealkylation sites (tertiary alicyclic amines) is 1. The average molecular weight is 506 g/mol. The first-order chi connectivity index (χ1) is 16.6. The number of piperidine rings is 1. The Hall–Kier alpha value is -2.55. The molecule has 1 aromatic rings. The Kier molecular flexibility index (Phi) is 7.45. The molecule has 35 heavy (non-hydrogen) atoms. The van der Waals surface area contributed by atoms with Crippen LogP contribution in [0.2, 0.25) is 0 Å². The maximum Gasteiger partial charge on any atom is 0.282 e. The average Bonchev–Trinajstić information content (AvgIpc) is 3.29. The van der Waals surface area contributed by atoms with Crippen LogP contribution in [-0.2, 0) is 19.8 Å². The lowest BCUT2D eigenvalue weighted by molar-refractivity contribution is -0.142. The molecule has 0 radical (unpaired) electrons. The van der Waals surface area contributed by atoms with Crippen molar-refractivity contribution in [2.45, 2.75) is 51.6 Å². The summed E-state index contributed by atoms with van der Waals surface area (Å²) in [7, 11) is -3.71. The van der Waals surface area contributed by atoms with Gasteiger partial charge in [0.2, 0.25) is 11.8 Å². The summed E-state index contributed by atoms with van der Waals surface area (Å²) < 4.78 is 42.4. The number of carbonyl (C=O) groups is 2. The Labute approximate surface area is 206 Å². The number of aryl methyl sites for hydroxylation is 1. The lowest BCUT2D eigenvalue weighted by Gasteiger charge is -2.41. The molecule has 2 amide bonds. The summed E-state index contributed by atoms with van der Waals surface area (Å²) >= 11 is 0. The maximum atomic E-state index is 14.0. The smallest absolute Gasteiger partial charge is 0.282 e. The predicted octanol–water partition coefficient (Wildman–Crippen LogP) is 1.71. The molecule has 3 fully saturated rings. The van der Waals surface area contributed by atoms with Crippen LogP contribution in [-0.4, -0.2) is 72.5 Å². The van der Waals surface area contributed by atoms with E-state index in [4.69, 9.17) is 5.26 Å². The highest BCUT2D eigenvalue weighted by Crippen LogP contribution is 2.29. The fraction of sp³-hybridized carbons (Fsp3) is 0.625. The van der Waals surface area contributed by atoms with Gasteiger partial charge < -0.3 is 10.2 Å². The van der Waals surface area contributed by atoms with Crippen LogP contribution in [0.5, 0.6) is 0 Å². The van der Waals surface area contributed by atoms with Crippen molar-refractivity contribution in [3.8, 4) is 6.07 Å². The summed E-state index contributed by atoms with van der Waals surface area (Å²) in [5.41, 5.74) is 1.18. The number of nitrogens with one attached hydrogen (secondary N) is 1. The zero-order valence-corrected chi connectivity index (χ0v) is 20.9. The minimum atomic E-state index is -3.71. The van der Waals surface area contributed by atoms with E-state index < -0.39 is 28.2 Å². The molecule has 0 aliphatic carbocycles. The van der Waals surface area contributed by atoms with Crippen LogP contribution in [0, 0.1) is 35.9 Å². The van der Waals surface area contributed by atoms with E-state index in [1.54, 1.807) is 30.9 Å². The van der Waals surface area contributed by atoms with Gasteiger partial charge in [-0.1, -0.05) is 12.1 Å². The highest BCUT2D eigenvalue weighted by molar-refractivity contribution is 7.86. The third-order valence-corrected chi connectivity index (χ3v) is 9.24. The molecule has 3 aliphatic rings. The molecule has 0 spiro atoms. The van der Waals surface area contributed by atoms with Crippen LogP contribution in [0.3, 0.4) is 0 Å². The molecule has 4 rings (SSSR count). The Balaban J connectivity index is 1.39. The van der Waals surface area contributed by atoms with Gasteiger partial charge >= 0.3 is 0 Å². The number of hydrogen-bond donors (Lipinski definition) is 1. The molecule has 3 saturated heterocycles. The van der Waals surface area contributed by atoms with Gasteiger partial charge in [0.05, 0.1) is 23.9 Å². The first kappa shape index (κ1) is 25.5. The minimum absolute atomic E-state index is 0.0821. The molecule has 190 valence electrons. The third-order valence-electron chi connectivity index (χ3n) is 7.31. The topological polar surface area (TPSA) is 114 Å². The monoisotopic (exact) mass is 505 g/mol. The number of hydrogen-bond acceptors (Lipinski definition) is 5. The van der Waals surface area contributed by atoms with Crippen LogP contribution in [0.15, 0.2) is 18.2 Å². The molecule has 0 saturated carbocycles. The van der Waals surface area contributed by atoms with Gasteiger partial charge in [-0.25, -0.2) is 4.39 Å². The number of rotatable bonds is 6. The predicted molar refractivity (Wildman–Crippen MR) is 126 cm³/mol. The molecule has 3 heterocycles. The summed E-state index contributed by atoms with van der Waals surface area (Å²) in [6.07, 6.45) is 2.35. The summed E-state index contributed by atoms with van der Waals surface area (Å²) in [6.45, 7) is 4.70. The zero-order valence-electron chi connectivity index (χ0n) is 20.1. The highest BCUT2D eigenvalue weighted by Gasteiger charge is 2.44. The van der Waals surface area contributed by atoms with Crippen molar-refractivity contribution in [1.29, 1.82) is 5.26 Å². The lowest BCUT2D eigenvalue weighted by atomic mass is 9.97. The fourth-order valence-electron chi connectivity index (χ4n) is 5.03. The second-order valence-corrected chi connectivity index (χ2v) is 11.7. The van der Waals surface area contributed by atoms with Crippen LogP contribution >= 0.6 is 0 Å². The van der Waals surface area contributed by atoms with Crippen molar-refractivity contribution in [3.05, 3.63) is 35.1 Å². The number of halogens is 1. The van der Waals surface area contributed by atoms with Gasteiger partial charge in [0.15, 0.2) is 0 Å². The van der Waals surface area contributed by atoms with Gasteiger partial charge in [-0.3, -0.25) is 9.59 Å². The molecule has 0 bridgehead atoms. The zero-order chi connectivity index (χ0) is 25.3. The SMILES string of the molecule is Cc1ccc([C@H](C)NC(=O)[C@H]2CCCN2C(=O)[C@H]2CCCN(S(=O)(=O)N3CC(C#N)C3)C2)cc1F. The van der Waals surface area contributed by atoms with Crippen LogP contribution in [0.4, 0.5) is 4.39 Å². The van der Waals surface area contributed by atoms with E-state index in [0.29, 0.717) is 49.9 Å². The van der Waals surface area contributed by atoms with E-state index in [0.717, 1.165) is 0 Å². The standard InChI is InChI=1S/C24H32FN5O4S/c1-16-7-8-19(11-21(16)25)17(2)27-23(31)22-6-4-10-30(22)24(32)20-5-3-9-28(15-20)35(33,34)29-13-18(12-26)14-29/h7-8,11,17-18,20,22H,3-6,9-10,13-15H2,1-2H3,(H,27,31)/t17-,20-,22+/m0/s1. The lowest BCUT2D eigenvalue weighted by Crippen LogP contribution is -2.57. The summed E-state index contributed by atoms with van der Waals surface area (Å²) in [4.78, 5) is 28.0. The van der Waals surface area contributed by atoms with Gasteiger partial charge in [-0.15, -0.1) is 0 Å². The Bertz CT molecular complexity index is 1130. The first-order valence-corrected chi connectivity index (χ1v) is 13.5. The van der Waals surface area contributed by atoms with Crippen molar-refractivity contribution in [2.75, 3.05) is 32.7 Å². The number of carbonyl (C=O) groups excluding carboxylic acids is 2. The Morgan fingerprint density at radius 2 is 1.86 bits per heavy atom. The Morgan fingerprint density at radius 1 is 1.14 bits per heavy atom. The van der Waals surface area contributed by atoms with Crippen molar-refractivity contribution >= 4 is 22.0 Å². The molecule has 1 N–H and O–H groups in total. The van der Waals surface area contributed by atoms with Gasteiger partial charge in [0.25, 0.3) is 10.2 Å². The van der Waals surface area contributed by atoms with Crippen molar-refractivity contribution in [3.63, 3.8) is 0 Å². The van der Waals surface area contributed by atoms with Gasteiger partial charge in [0, 0.05) is 32.7 Å². The first-order valence-electron chi connectivity index (χ1n) is 12.1. The normalized spacial score (nSPS) is 25.0. The summed E-state index contributed by atoms with van der Waals surface area (Å²) in [5.74, 6) is -1.61. The van der Waals surface area contributed by atoms with Crippen molar-refractivity contribution < 1.29 is 22.4 Å². The van der Waals surface area contributed by atoms with Crippen LogP contribution in [0.1, 0.15) is 49.8 Å². The fourth-order valence-corrected chi connectivity index (χ4v) is 6.83. The van der Waals surface area contributed by atoms with Crippen molar-refractivity contribution in [1.82, 2.24) is 18.8 Å². The molecule has 3 aliphatic heterocycles. The van der Waals surface area contributed by atoms with E-state index in [-0.39, 0.29) is 43.2 Å². The third kappa shape index (κ3) is 5.20. The van der Waals surface area contributed by atoms with Crippen LogP contribution in [0.25, 0.3) is 0 Å². The van der Waals surface area contributed by atoms with Gasteiger partial charge in [0.1, 0.15) is 11.9 Å². The highest BCUT2D eigenvalue weighted by atomic mass is 32.2. The second kappa shape index (κ2) is 10.2. The van der Waals surface area contributed by atoms with E-state index in [2.05, 4.69) is 11.4 Å². The van der Waals surface area contributed by atoms with E-state index in [9.17, 15) is 22.4 Å². The molecule has 0 aromatic heterocycles. The number of amides is 2. The van der Waals surface area contributed by atoms with E-state index in [1.807, 2.05) is 0 Å². The minimum Gasteiger partial charge on any atom is -0.348 e.